The Balaban J connectivity index is 1.38. The van der Waals surface area contributed by atoms with Crippen LogP contribution in [0.5, 0.6) is 0 Å². The molecule has 0 atom stereocenters. The van der Waals surface area contributed by atoms with Crippen molar-refractivity contribution < 1.29 is 0 Å². The summed E-state index contributed by atoms with van der Waals surface area (Å²) >= 11 is 6.10. The van der Waals surface area contributed by atoms with Crippen LogP contribution in [0.1, 0.15) is 17.8 Å². The summed E-state index contributed by atoms with van der Waals surface area (Å²) in [6.07, 6.45) is 6.70. The molecule has 0 spiro atoms. The molecule has 4 rings (SSSR count). The number of hydrogen-bond donors (Lipinski definition) is 1. The van der Waals surface area contributed by atoms with Crippen LogP contribution in [0.4, 0.5) is 5.69 Å². The van der Waals surface area contributed by atoms with Gasteiger partial charge in [0.05, 0.1) is 12.1 Å². The maximum atomic E-state index is 6.10. The number of anilines is 1. The summed E-state index contributed by atoms with van der Waals surface area (Å²) in [4.78, 5) is 11.4. The van der Waals surface area contributed by atoms with E-state index >= 15 is 0 Å². The number of nitrogens with one attached hydrogen (secondary N) is 1. The highest BCUT2D eigenvalue weighted by Crippen LogP contribution is 2.24. The zero-order valence-electron chi connectivity index (χ0n) is 17.1. The molecule has 0 aliphatic heterocycles. The fourth-order valence-corrected chi connectivity index (χ4v) is 3.77. The normalized spacial score (nSPS) is 11.3. The molecule has 0 amide bonds. The third kappa shape index (κ3) is 5.17. The average Bonchev–Trinajstić information content (AvgIpc) is 3.16. The molecule has 0 radical (unpaired) electrons. The van der Waals surface area contributed by atoms with Crippen LogP contribution in [-0.4, -0.2) is 32.5 Å². The van der Waals surface area contributed by atoms with E-state index in [4.69, 9.17) is 11.6 Å². The van der Waals surface area contributed by atoms with Gasteiger partial charge in [0.25, 0.3) is 0 Å². The molecule has 4 aromatic rings. The minimum Gasteiger partial charge on any atom is -0.384 e. The fourth-order valence-electron chi connectivity index (χ4n) is 3.61. The molecule has 30 heavy (non-hydrogen) atoms. The Morgan fingerprint density at radius 3 is 2.67 bits per heavy atom. The van der Waals surface area contributed by atoms with Gasteiger partial charge < -0.3 is 9.88 Å². The van der Waals surface area contributed by atoms with E-state index in [1.165, 1.54) is 5.56 Å². The van der Waals surface area contributed by atoms with E-state index < -0.39 is 0 Å². The van der Waals surface area contributed by atoms with Gasteiger partial charge >= 0.3 is 0 Å². The Morgan fingerprint density at radius 1 is 1.00 bits per heavy atom. The van der Waals surface area contributed by atoms with Crippen molar-refractivity contribution in [2.75, 3.05) is 18.4 Å². The molecule has 0 saturated heterocycles. The van der Waals surface area contributed by atoms with Crippen LogP contribution in [-0.2, 0) is 20.1 Å². The second-order valence-corrected chi connectivity index (χ2v) is 7.89. The van der Waals surface area contributed by atoms with E-state index in [0.29, 0.717) is 5.02 Å². The number of aromatic nitrogens is 3. The molecule has 0 saturated carbocycles. The molecule has 0 aliphatic carbocycles. The smallest absolute Gasteiger partial charge is 0.122 e. The Morgan fingerprint density at radius 2 is 1.87 bits per heavy atom. The maximum Gasteiger partial charge on any atom is 0.122 e. The van der Waals surface area contributed by atoms with E-state index in [1.54, 1.807) is 0 Å². The lowest BCUT2D eigenvalue weighted by Crippen LogP contribution is -2.27. The molecule has 154 valence electrons. The number of nitrogens with zero attached hydrogens (tertiary/aromatic N) is 4. The van der Waals surface area contributed by atoms with Crippen LogP contribution in [0, 0.1) is 0 Å². The minimum atomic E-state index is 0.706. The summed E-state index contributed by atoms with van der Waals surface area (Å²) in [5.74, 6) is 1.08. The van der Waals surface area contributed by atoms with Crippen LogP contribution in [0.15, 0.2) is 73.2 Å². The second kappa shape index (κ2) is 9.74. The van der Waals surface area contributed by atoms with Crippen molar-refractivity contribution in [1.82, 2.24) is 19.4 Å². The first kappa shape index (κ1) is 20.4. The fraction of sp³-hybridized carbons (Fsp3) is 0.250. The van der Waals surface area contributed by atoms with Crippen molar-refractivity contribution in [3.05, 3.63) is 89.6 Å². The van der Waals surface area contributed by atoms with Crippen molar-refractivity contribution in [3.63, 3.8) is 0 Å². The largest absolute Gasteiger partial charge is 0.384 e. The first-order valence-corrected chi connectivity index (χ1v) is 10.6. The molecule has 5 nitrogen and oxygen atoms in total. The second-order valence-electron chi connectivity index (χ2n) is 7.45. The van der Waals surface area contributed by atoms with Gasteiger partial charge in [0, 0.05) is 61.4 Å². The zero-order valence-corrected chi connectivity index (χ0v) is 17.9. The van der Waals surface area contributed by atoms with Gasteiger partial charge in [-0.25, -0.2) is 4.98 Å². The predicted octanol–water partition coefficient (Wildman–Crippen LogP) is 5.13. The van der Waals surface area contributed by atoms with Gasteiger partial charge in [-0.1, -0.05) is 41.9 Å². The van der Waals surface area contributed by atoms with Crippen molar-refractivity contribution >= 4 is 28.2 Å². The maximum absolute atomic E-state index is 6.10. The number of fused-ring (bicyclic) bond motifs is 1. The van der Waals surface area contributed by atoms with Gasteiger partial charge in [0.15, 0.2) is 0 Å². The third-order valence-electron chi connectivity index (χ3n) is 5.21. The quantitative estimate of drug-likeness (QED) is 0.382. The van der Waals surface area contributed by atoms with Crippen molar-refractivity contribution in [3.8, 4) is 0 Å². The molecule has 6 heteroatoms. The highest BCUT2D eigenvalue weighted by atomic mass is 35.5. The molecular formula is C24H26ClN5. The van der Waals surface area contributed by atoms with Gasteiger partial charge in [0.2, 0.25) is 0 Å². The number of benzene rings is 2. The van der Waals surface area contributed by atoms with Crippen molar-refractivity contribution in [1.29, 1.82) is 0 Å². The third-order valence-corrected chi connectivity index (χ3v) is 5.44. The highest BCUT2D eigenvalue weighted by molar-refractivity contribution is 6.31. The summed E-state index contributed by atoms with van der Waals surface area (Å²) < 4.78 is 2.09. The average molecular weight is 420 g/mol. The highest BCUT2D eigenvalue weighted by Gasteiger charge is 2.10. The molecule has 2 aromatic carbocycles. The zero-order chi connectivity index (χ0) is 20.8. The van der Waals surface area contributed by atoms with Crippen molar-refractivity contribution in [2.24, 2.45) is 7.05 Å². The van der Waals surface area contributed by atoms with Gasteiger partial charge in [0.1, 0.15) is 5.82 Å². The Labute approximate surface area is 182 Å². The molecule has 0 unspecified atom stereocenters. The minimum absolute atomic E-state index is 0.706. The lowest BCUT2D eigenvalue weighted by atomic mass is 10.2. The van der Waals surface area contributed by atoms with Gasteiger partial charge in [-0.15, -0.1) is 0 Å². The Hall–Kier alpha value is -2.89. The summed E-state index contributed by atoms with van der Waals surface area (Å²) in [7, 11) is 2.05. The van der Waals surface area contributed by atoms with Gasteiger partial charge in [-0.2, -0.15) is 0 Å². The molecular weight excluding hydrogens is 394 g/mol. The van der Waals surface area contributed by atoms with Crippen molar-refractivity contribution in [2.45, 2.75) is 19.5 Å². The summed E-state index contributed by atoms with van der Waals surface area (Å²) in [5, 5.41) is 5.37. The number of pyridine rings is 1. The predicted molar refractivity (Wildman–Crippen MR) is 124 cm³/mol. The van der Waals surface area contributed by atoms with Crippen LogP contribution in [0.3, 0.4) is 0 Å². The van der Waals surface area contributed by atoms with E-state index in [0.717, 1.165) is 55.0 Å². The van der Waals surface area contributed by atoms with Crippen LogP contribution in [0.2, 0.25) is 5.02 Å². The first-order valence-electron chi connectivity index (χ1n) is 10.2. The topological polar surface area (TPSA) is 46.0 Å². The number of hydrogen-bond acceptors (Lipinski definition) is 4. The molecule has 1 N–H and O–H groups in total. The van der Waals surface area contributed by atoms with Crippen LogP contribution < -0.4 is 5.32 Å². The first-order chi connectivity index (χ1) is 14.7. The summed E-state index contributed by atoms with van der Waals surface area (Å²) in [6, 6.07) is 18.5. The van der Waals surface area contributed by atoms with Gasteiger partial charge in [-0.05, 0) is 36.2 Å². The number of halogens is 1. The number of rotatable bonds is 9. The molecule has 0 fully saturated rings. The molecule has 0 aliphatic rings. The van der Waals surface area contributed by atoms with Gasteiger partial charge in [-0.3, -0.25) is 9.88 Å². The molecule has 2 aromatic heterocycles. The number of aryl methyl sites for hydroxylation is 1. The number of imidazole rings is 1. The van der Waals surface area contributed by atoms with E-state index in [2.05, 4.69) is 55.1 Å². The lowest BCUT2D eigenvalue weighted by Gasteiger charge is -2.22. The summed E-state index contributed by atoms with van der Waals surface area (Å²) in [6.45, 7) is 3.59. The standard InChI is InChI=1S/C24H26ClN5/c1-29-15-13-28-24(29)18-30(17-19-6-3-2-4-7-19)14-5-11-26-22-10-12-27-23-16-20(25)8-9-21(22)23/h2-4,6-10,12-13,15-16H,5,11,14,17-18H2,1H3,(H,26,27). The Bertz CT molecular complexity index is 1090. The van der Waals surface area contributed by atoms with Crippen LogP contribution in [0.25, 0.3) is 10.9 Å². The van der Waals surface area contributed by atoms with E-state index in [-0.39, 0.29) is 0 Å². The Kier molecular flexibility index (Phi) is 6.62. The SMILES string of the molecule is Cn1ccnc1CN(CCCNc1ccnc2cc(Cl)ccc12)Cc1ccccc1. The molecule has 2 heterocycles. The lowest BCUT2D eigenvalue weighted by molar-refractivity contribution is 0.247. The molecule has 0 bridgehead atoms. The summed E-state index contributed by atoms with van der Waals surface area (Å²) in [5.41, 5.74) is 3.32. The van der Waals surface area contributed by atoms with E-state index in [9.17, 15) is 0 Å². The van der Waals surface area contributed by atoms with E-state index in [1.807, 2.05) is 49.9 Å². The monoisotopic (exact) mass is 419 g/mol. The van der Waals surface area contributed by atoms with Crippen LogP contribution >= 0.6 is 11.6 Å².